The third-order valence-corrected chi connectivity index (χ3v) is 4.41. The van der Waals surface area contributed by atoms with E-state index in [0.29, 0.717) is 19.8 Å². The Bertz CT molecular complexity index is 404. The third-order valence-electron chi connectivity index (χ3n) is 4.41. The smallest absolute Gasteiger partial charge is 0.248 e. The van der Waals surface area contributed by atoms with Crippen LogP contribution in [-0.2, 0) is 14.3 Å². The molecular weight excluding hydrogens is 256 g/mol. The SMILES string of the molecule is CCCOCCN1C(=O)C(C)(C)NC(=O)C1(C)C1CC1. The lowest BCUT2D eigenvalue weighted by Crippen LogP contribution is -2.74. The highest BCUT2D eigenvalue weighted by atomic mass is 16.5. The number of hydrogen-bond donors (Lipinski definition) is 1. The molecule has 5 heteroatoms. The predicted molar refractivity (Wildman–Crippen MR) is 76.2 cm³/mol. The molecule has 20 heavy (non-hydrogen) atoms. The third kappa shape index (κ3) is 2.55. The van der Waals surface area contributed by atoms with Crippen LogP contribution in [0.4, 0.5) is 0 Å². The summed E-state index contributed by atoms with van der Waals surface area (Å²) in [6.07, 6.45) is 2.99. The molecule has 0 aromatic carbocycles. The van der Waals surface area contributed by atoms with Crippen molar-refractivity contribution in [2.24, 2.45) is 5.92 Å². The summed E-state index contributed by atoms with van der Waals surface area (Å²) in [6, 6.07) is 0. The van der Waals surface area contributed by atoms with Gasteiger partial charge in [0, 0.05) is 13.2 Å². The summed E-state index contributed by atoms with van der Waals surface area (Å²) in [5.74, 6) is 0.250. The number of amides is 2. The number of carbonyl (C=O) groups excluding carboxylic acids is 2. The van der Waals surface area contributed by atoms with Crippen LogP contribution in [0.25, 0.3) is 0 Å². The number of piperazine rings is 1. The van der Waals surface area contributed by atoms with Crippen LogP contribution in [0.3, 0.4) is 0 Å². The Morgan fingerprint density at radius 2 is 1.90 bits per heavy atom. The summed E-state index contributed by atoms with van der Waals surface area (Å²) in [5, 5.41) is 2.88. The maximum absolute atomic E-state index is 12.7. The quantitative estimate of drug-likeness (QED) is 0.748. The van der Waals surface area contributed by atoms with Gasteiger partial charge in [-0.3, -0.25) is 9.59 Å². The topological polar surface area (TPSA) is 58.6 Å². The molecule has 2 aliphatic rings. The molecule has 1 atom stereocenters. The van der Waals surface area contributed by atoms with Crippen molar-refractivity contribution in [1.82, 2.24) is 10.2 Å². The Hall–Kier alpha value is -1.10. The lowest BCUT2D eigenvalue weighted by Gasteiger charge is -2.49. The molecule has 0 spiro atoms. The zero-order chi connectivity index (χ0) is 15.0. The Kier molecular flexibility index (Phi) is 4.09. The van der Waals surface area contributed by atoms with E-state index >= 15 is 0 Å². The van der Waals surface area contributed by atoms with Gasteiger partial charge in [-0.25, -0.2) is 0 Å². The number of rotatable bonds is 6. The van der Waals surface area contributed by atoms with Crippen LogP contribution in [0.1, 0.15) is 47.0 Å². The Labute approximate surface area is 121 Å². The zero-order valence-corrected chi connectivity index (χ0v) is 13.0. The van der Waals surface area contributed by atoms with Crippen molar-refractivity contribution >= 4 is 11.8 Å². The minimum absolute atomic E-state index is 0.00778. The summed E-state index contributed by atoms with van der Waals surface area (Å²) < 4.78 is 5.51. The van der Waals surface area contributed by atoms with Crippen molar-refractivity contribution in [3.63, 3.8) is 0 Å². The van der Waals surface area contributed by atoms with Crippen molar-refractivity contribution in [3.8, 4) is 0 Å². The molecular formula is C15H26N2O3. The summed E-state index contributed by atoms with van der Waals surface area (Å²) in [7, 11) is 0. The normalized spacial score (nSPS) is 29.5. The van der Waals surface area contributed by atoms with Gasteiger partial charge in [0.15, 0.2) is 0 Å². The number of nitrogens with one attached hydrogen (secondary N) is 1. The second kappa shape index (κ2) is 5.35. The molecule has 0 aromatic heterocycles. The summed E-state index contributed by atoms with van der Waals surface area (Å²) in [6.45, 7) is 9.15. The summed E-state index contributed by atoms with van der Waals surface area (Å²) in [4.78, 5) is 26.9. The molecule has 0 aromatic rings. The lowest BCUT2D eigenvalue weighted by atomic mass is 9.84. The minimum atomic E-state index is -0.823. The maximum atomic E-state index is 12.7. The molecule has 0 bridgehead atoms. The average Bonchev–Trinajstić information content (AvgIpc) is 3.20. The van der Waals surface area contributed by atoms with Crippen molar-refractivity contribution in [3.05, 3.63) is 0 Å². The first kappa shape index (κ1) is 15.3. The highest BCUT2D eigenvalue weighted by Crippen LogP contribution is 2.45. The van der Waals surface area contributed by atoms with E-state index in [1.54, 1.807) is 18.7 Å². The first-order valence-electron chi connectivity index (χ1n) is 7.56. The molecule has 114 valence electrons. The van der Waals surface area contributed by atoms with Crippen LogP contribution in [0.2, 0.25) is 0 Å². The molecule has 0 radical (unpaired) electrons. The zero-order valence-electron chi connectivity index (χ0n) is 13.0. The Morgan fingerprint density at radius 3 is 2.45 bits per heavy atom. The monoisotopic (exact) mass is 282 g/mol. The molecule has 2 amide bonds. The average molecular weight is 282 g/mol. The molecule has 5 nitrogen and oxygen atoms in total. The molecule has 2 rings (SSSR count). The van der Waals surface area contributed by atoms with Crippen molar-refractivity contribution in [2.45, 2.75) is 58.0 Å². The summed E-state index contributed by atoms with van der Waals surface area (Å²) >= 11 is 0. The molecule has 1 aliphatic heterocycles. The Morgan fingerprint density at radius 1 is 1.25 bits per heavy atom. The number of nitrogens with zero attached hydrogens (tertiary/aromatic N) is 1. The number of hydrogen-bond acceptors (Lipinski definition) is 3. The van der Waals surface area contributed by atoms with Crippen molar-refractivity contribution < 1.29 is 14.3 Å². The minimum Gasteiger partial charge on any atom is -0.380 e. The van der Waals surface area contributed by atoms with E-state index in [4.69, 9.17) is 4.74 Å². The second-order valence-corrected chi connectivity index (χ2v) is 6.57. The van der Waals surface area contributed by atoms with Gasteiger partial charge in [0.2, 0.25) is 11.8 Å². The largest absolute Gasteiger partial charge is 0.380 e. The van der Waals surface area contributed by atoms with E-state index < -0.39 is 11.1 Å². The highest BCUT2D eigenvalue weighted by Gasteiger charge is 2.58. The molecule has 1 heterocycles. The van der Waals surface area contributed by atoms with Gasteiger partial charge in [-0.15, -0.1) is 0 Å². The van der Waals surface area contributed by atoms with Crippen molar-refractivity contribution in [2.75, 3.05) is 19.8 Å². The molecule has 1 saturated heterocycles. The number of carbonyl (C=O) groups is 2. The Balaban J connectivity index is 2.15. The van der Waals surface area contributed by atoms with E-state index in [1.807, 2.05) is 6.92 Å². The molecule has 2 fully saturated rings. The molecule has 1 aliphatic carbocycles. The fraction of sp³-hybridized carbons (Fsp3) is 0.867. The first-order chi connectivity index (χ1) is 9.34. The van der Waals surface area contributed by atoms with Gasteiger partial charge in [0.05, 0.1) is 6.61 Å². The van der Waals surface area contributed by atoms with Crippen LogP contribution in [0.5, 0.6) is 0 Å². The van der Waals surface area contributed by atoms with Gasteiger partial charge in [-0.1, -0.05) is 6.92 Å². The lowest BCUT2D eigenvalue weighted by molar-refractivity contribution is -0.163. The molecule has 1 saturated carbocycles. The van der Waals surface area contributed by atoms with Gasteiger partial charge in [0.1, 0.15) is 11.1 Å². The summed E-state index contributed by atoms with van der Waals surface area (Å²) in [5.41, 5.74) is -1.53. The van der Waals surface area contributed by atoms with Crippen LogP contribution < -0.4 is 5.32 Å². The highest BCUT2D eigenvalue weighted by molar-refractivity contribution is 6.02. The number of ether oxygens (including phenoxy) is 1. The first-order valence-corrected chi connectivity index (χ1v) is 7.56. The van der Waals surface area contributed by atoms with Gasteiger partial charge < -0.3 is 15.0 Å². The van der Waals surface area contributed by atoms with Gasteiger partial charge >= 0.3 is 0 Å². The van der Waals surface area contributed by atoms with Crippen LogP contribution in [0, 0.1) is 5.92 Å². The predicted octanol–water partition coefficient (Wildman–Crippen LogP) is 1.32. The van der Waals surface area contributed by atoms with E-state index in [1.165, 1.54) is 0 Å². The molecule has 1 N–H and O–H groups in total. The standard InChI is InChI=1S/C15H26N2O3/c1-5-9-20-10-8-17-13(19)14(2,3)16-12(18)15(17,4)11-6-7-11/h11H,5-10H2,1-4H3,(H,16,18). The van der Waals surface area contributed by atoms with Crippen LogP contribution >= 0.6 is 0 Å². The van der Waals surface area contributed by atoms with E-state index in [2.05, 4.69) is 12.2 Å². The second-order valence-electron chi connectivity index (χ2n) is 6.57. The van der Waals surface area contributed by atoms with Gasteiger partial charge in [-0.2, -0.15) is 0 Å². The van der Waals surface area contributed by atoms with Crippen molar-refractivity contribution in [1.29, 1.82) is 0 Å². The maximum Gasteiger partial charge on any atom is 0.248 e. The van der Waals surface area contributed by atoms with E-state index in [-0.39, 0.29) is 17.7 Å². The van der Waals surface area contributed by atoms with Crippen LogP contribution in [-0.4, -0.2) is 47.6 Å². The fourth-order valence-electron chi connectivity index (χ4n) is 2.92. The van der Waals surface area contributed by atoms with Crippen LogP contribution in [0.15, 0.2) is 0 Å². The molecule has 1 unspecified atom stereocenters. The van der Waals surface area contributed by atoms with Gasteiger partial charge in [0.25, 0.3) is 0 Å². The van der Waals surface area contributed by atoms with Gasteiger partial charge in [-0.05, 0) is 46.0 Å². The van der Waals surface area contributed by atoms with E-state index in [0.717, 1.165) is 19.3 Å². The van der Waals surface area contributed by atoms with E-state index in [9.17, 15) is 9.59 Å². The fourth-order valence-corrected chi connectivity index (χ4v) is 2.92.